The lowest BCUT2D eigenvalue weighted by molar-refractivity contribution is -0.239. The first-order chi connectivity index (χ1) is 8.37. The van der Waals surface area contributed by atoms with Crippen molar-refractivity contribution in [2.24, 2.45) is 0 Å². The van der Waals surface area contributed by atoms with Gasteiger partial charge in [0.2, 0.25) is 0 Å². The molecule has 1 heterocycles. The Morgan fingerprint density at radius 3 is 2.29 bits per heavy atom. The molecule has 0 unspecified atom stereocenters. The monoisotopic (exact) mass is 234 g/mol. The highest BCUT2D eigenvalue weighted by Gasteiger charge is 2.34. The van der Waals surface area contributed by atoms with E-state index in [0.717, 1.165) is 44.5 Å². The highest BCUT2D eigenvalue weighted by Crippen LogP contribution is 2.34. The van der Waals surface area contributed by atoms with Crippen molar-refractivity contribution in [3.05, 3.63) is 35.9 Å². The molecule has 0 aliphatic carbocycles. The van der Waals surface area contributed by atoms with E-state index in [0.29, 0.717) is 0 Å². The molecule has 1 fully saturated rings. The Balaban J connectivity index is 2.21. The van der Waals surface area contributed by atoms with Gasteiger partial charge in [-0.1, -0.05) is 43.7 Å². The van der Waals surface area contributed by atoms with E-state index >= 15 is 0 Å². The number of hydrogen-bond acceptors (Lipinski definition) is 2. The van der Waals surface area contributed by atoms with Gasteiger partial charge in [0.1, 0.15) is 0 Å². The van der Waals surface area contributed by atoms with Gasteiger partial charge in [0, 0.05) is 12.0 Å². The average molecular weight is 234 g/mol. The van der Waals surface area contributed by atoms with Gasteiger partial charge in [0.25, 0.3) is 0 Å². The van der Waals surface area contributed by atoms with Crippen molar-refractivity contribution in [3.8, 4) is 0 Å². The summed E-state index contributed by atoms with van der Waals surface area (Å²) >= 11 is 0. The van der Waals surface area contributed by atoms with Crippen LogP contribution < -0.4 is 0 Å². The van der Waals surface area contributed by atoms with Crippen LogP contribution in [0.1, 0.15) is 44.6 Å². The van der Waals surface area contributed by atoms with Crippen molar-refractivity contribution >= 4 is 0 Å². The second kappa shape index (κ2) is 6.18. The van der Waals surface area contributed by atoms with E-state index in [4.69, 9.17) is 9.47 Å². The van der Waals surface area contributed by atoms with Gasteiger partial charge in [-0.3, -0.25) is 0 Å². The molecule has 2 nitrogen and oxygen atoms in total. The van der Waals surface area contributed by atoms with Gasteiger partial charge in [0.05, 0.1) is 13.2 Å². The third kappa shape index (κ3) is 3.08. The number of rotatable bonds is 4. The van der Waals surface area contributed by atoms with Crippen molar-refractivity contribution in [3.63, 3.8) is 0 Å². The van der Waals surface area contributed by atoms with E-state index in [1.807, 2.05) is 6.07 Å². The number of hydrogen-bond donors (Lipinski definition) is 0. The van der Waals surface area contributed by atoms with Crippen LogP contribution in [-0.2, 0) is 15.3 Å². The molecule has 0 N–H and O–H groups in total. The Hall–Kier alpha value is -0.860. The molecule has 1 aliphatic heterocycles. The first-order valence-electron chi connectivity index (χ1n) is 6.71. The standard InChI is InChI=1S/C15H22O2/c1-2-3-11-15(14-9-5-4-6-10-14)16-12-7-8-13-17-15/h4-6,9-10H,2-3,7-8,11-13H2,1H3. The van der Waals surface area contributed by atoms with Gasteiger partial charge >= 0.3 is 0 Å². The van der Waals surface area contributed by atoms with Crippen LogP contribution in [0.15, 0.2) is 30.3 Å². The van der Waals surface area contributed by atoms with Crippen molar-refractivity contribution in [1.82, 2.24) is 0 Å². The molecule has 17 heavy (non-hydrogen) atoms. The van der Waals surface area contributed by atoms with Gasteiger partial charge in [-0.15, -0.1) is 0 Å². The fraction of sp³-hybridized carbons (Fsp3) is 0.600. The fourth-order valence-corrected chi connectivity index (χ4v) is 2.28. The van der Waals surface area contributed by atoms with Crippen LogP contribution in [0, 0.1) is 0 Å². The van der Waals surface area contributed by atoms with Crippen molar-refractivity contribution < 1.29 is 9.47 Å². The first-order valence-corrected chi connectivity index (χ1v) is 6.71. The van der Waals surface area contributed by atoms with Crippen LogP contribution in [0.2, 0.25) is 0 Å². The van der Waals surface area contributed by atoms with Gasteiger partial charge in [-0.25, -0.2) is 0 Å². The summed E-state index contributed by atoms with van der Waals surface area (Å²) in [5, 5.41) is 0. The minimum atomic E-state index is -0.492. The molecular formula is C15H22O2. The molecule has 1 aliphatic rings. The minimum Gasteiger partial charge on any atom is -0.346 e. The summed E-state index contributed by atoms with van der Waals surface area (Å²) in [4.78, 5) is 0. The Labute approximate surface area is 104 Å². The Bertz CT molecular complexity index is 313. The average Bonchev–Trinajstić information content (AvgIpc) is 2.64. The summed E-state index contributed by atoms with van der Waals surface area (Å²) in [7, 11) is 0. The van der Waals surface area contributed by atoms with Gasteiger partial charge < -0.3 is 9.47 Å². The Morgan fingerprint density at radius 2 is 1.71 bits per heavy atom. The predicted octanol–water partition coefficient (Wildman–Crippen LogP) is 3.86. The molecule has 0 aromatic heterocycles. The maximum absolute atomic E-state index is 6.06. The molecule has 1 aromatic carbocycles. The maximum Gasteiger partial charge on any atom is 0.194 e. The zero-order chi connectivity index (χ0) is 12.0. The van der Waals surface area contributed by atoms with Crippen molar-refractivity contribution in [1.29, 1.82) is 0 Å². The summed E-state index contributed by atoms with van der Waals surface area (Å²) in [6.07, 6.45) is 5.45. The lowest BCUT2D eigenvalue weighted by Gasteiger charge is -2.32. The quantitative estimate of drug-likeness (QED) is 0.787. The van der Waals surface area contributed by atoms with Crippen LogP contribution >= 0.6 is 0 Å². The molecule has 0 bridgehead atoms. The second-order valence-electron chi connectivity index (χ2n) is 4.63. The largest absolute Gasteiger partial charge is 0.346 e. The van der Waals surface area contributed by atoms with Gasteiger partial charge in [-0.2, -0.15) is 0 Å². The molecule has 2 heteroatoms. The SMILES string of the molecule is CCCCC1(c2ccccc2)OCCCCO1. The highest BCUT2D eigenvalue weighted by molar-refractivity contribution is 5.20. The zero-order valence-corrected chi connectivity index (χ0v) is 10.7. The lowest BCUT2D eigenvalue weighted by atomic mass is 9.99. The molecule has 0 amide bonds. The maximum atomic E-state index is 6.06. The first kappa shape index (κ1) is 12.6. The lowest BCUT2D eigenvalue weighted by Crippen LogP contribution is -2.32. The molecule has 1 saturated heterocycles. The van der Waals surface area contributed by atoms with Gasteiger partial charge in [-0.05, 0) is 19.3 Å². The summed E-state index contributed by atoms with van der Waals surface area (Å²) in [6.45, 7) is 3.81. The summed E-state index contributed by atoms with van der Waals surface area (Å²) in [6, 6.07) is 10.4. The smallest absolute Gasteiger partial charge is 0.194 e. The van der Waals surface area contributed by atoms with E-state index in [-0.39, 0.29) is 0 Å². The summed E-state index contributed by atoms with van der Waals surface area (Å²) in [5.41, 5.74) is 1.16. The predicted molar refractivity (Wildman–Crippen MR) is 68.8 cm³/mol. The van der Waals surface area contributed by atoms with Crippen LogP contribution in [0.3, 0.4) is 0 Å². The topological polar surface area (TPSA) is 18.5 Å². The van der Waals surface area contributed by atoms with E-state index < -0.39 is 5.79 Å². The van der Waals surface area contributed by atoms with Crippen LogP contribution in [0.5, 0.6) is 0 Å². The number of benzene rings is 1. The third-order valence-electron chi connectivity index (χ3n) is 3.28. The van der Waals surface area contributed by atoms with E-state index in [9.17, 15) is 0 Å². The molecule has 94 valence electrons. The molecule has 0 spiro atoms. The Kier molecular flexibility index (Phi) is 4.57. The van der Waals surface area contributed by atoms with E-state index in [1.165, 1.54) is 6.42 Å². The van der Waals surface area contributed by atoms with Crippen LogP contribution in [0.25, 0.3) is 0 Å². The fourth-order valence-electron chi connectivity index (χ4n) is 2.28. The summed E-state index contributed by atoms with van der Waals surface area (Å²) in [5.74, 6) is -0.492. The molecule has 1 aromatic rings. The summed E-state index contributed by atoms with van der Waals surface area (Å²) < 4.78 is 12.1. The zero-order valence-electron chi connectivity index (χ0n) is 10.7. The van der Waals surface area contributed by atoms with Gasteiger partial charge in [0.15, 0.2) is 5.79 Å². The minimum absolute atomic E-state index is 0.492. The van der Waals surface area contributed by atoms with Crippen LogP contribution in [0.4, 0.5) is 0 Å². The molecule has 2 rings (SSSR count). The van der Waals surface area contributed by atoms with E-state index in [1.54, 1.807) is 0 Å². The molecule has 0 radical (unpaired) electrons. The number of ether oxygens (including phenoxy) is 2. The van der Waals surface area contributed by atoms with Crippen LogP contribution in [-0.4, -0.2) is 13.2 Å². The van der Waals surface area contributed by atoms with Crippen molar-refractivity contribution in [2.75, 3.05) is 13.2 Å². The van der Waals surface area contributed by atoms with E-state index in [2.05, 4.69) is 31.2 Å². The third-order valence-corrected chi connectivity index (χ3v) is 3.28. The van der Waals surface area contributed by atoms with Crippen molar-refractivity contribution in [2.45, 2.75) is 44.8 Å². The molecular weight excluding hydrogens is 212 g/mol. The second-order valence-corrected chi connectivity index (χ2v) is 4.63. The molecule has 0 atom stereocenters. The Morgan fingerprint density at radius 1 is 1.06 bits per heavy atom. The normalized spacial score (nSPS) is 19.8. The highest BCUT2D eigenvalue weighted by atomic mass is 16.7. The number of unbranched alkanes of at least 4 members (excludes halogenated alkanes) is 1. The molecule has 0 saturated carbocycles.